The second kappa shape index (κ2) is 9.51. The van der Waals surface area contributed by atoms with Crippen molar-refractivity contribution in [2.24, 2.45) is 28.6 Å². The van der Waals surface area contributed by atoms with Crippen LogP contribution in [0, 0.1) is 28.6 Å². The second-order valence-electron chi connectivity index (χ2n) is 13.6. The Balaban J connectivity index is 1.33. The van der Waals surface area contributed by atoms with E-state index in [2.05, 4.69) is 6.92 Å². The van der Waals surface area contributed by atoms with Crippen molar-refractivity contribution in [2.45, 2.75) is 108 Å². The summed E-state index contributed by atoms with van der Waals surface area (Å²) in [7, 11) is 0. The van der Waals surface area contributed by atoms with Crippen LogP contribution in [0.15, 0.2) is 30.3 Å². The number of carbonyl (C=O) groups is 2. The van der Waals surface area contributed by atoms with E-state index in [-0.39, 0.29) is 23.7 Å². The molecule has 4 unspecified atom stereocenters. The van der Waals surface area contributed by atoms with Crippen LogP contribution in [-0.2, 0) is 23.7 Å². The van der Waals surface area contributed by atoms with E-state index in [1.54, 1.807) is 31.2 Å². The Bertz CT molecular complexity index is 1150. The van der Waals surface area contributed by atoms with Crippen LogP contribution >= 0.6 is 0 Å². The Morgan fingerprint density at radius 1 is 0.975 bits per heavy atom. The number of benzene rings is 1. The summed E-state index contributed by atoms with van der Waals surface area (Å²) < 4.78 is 24.1. The van der Waals surface area contributed by atoms with Gasteiger partial charge in [-0.25, -0.2) is 4.79 Å². The molecule has 40 heavy (non-hydrogen) atoms. The predicted octanol–water partition coefficient (Wildman–Crippen LogP) is 4.41. The third-order valence-corrected chi connectivity index (χ3v) is 12.2. The Hall–Kier alpha value is -2.00. The molecule has 0 bridgehead atoms. The van der Waals surface area contributed by atoms with Gasteiger partial charge >= 0.3 is 11.9 Å². The van der Waals surface area contributed by atoms with Gasteiger partial charge in [0.1, 0.15) is 17.8 Å². The van der Waals surface area contributed by atoms with Crippen LogP contribution in [-0.4, -0.2) is 64.6 Å². The number of ether oxygens (including phenoxy) is 4. The van der Waals surface area contributed by atoms with E-state index < -0.39 is 46.6 Å². The van der Waals surface area contributed by atoms with Gasteiger partial charge in [-0.05, 0) is 80.8 Å². The lowest BCUT2D eigenvalue weighted by atomic mass is 9.42. The van der Waals surface area contributed by atoms with Crippen molar-refractivity contribution in [1.29, 1.82) is 0 Å². The zero-order chi connectivity index (χ0) is 28.6. The van der Waals surface area contributed by atoms with Crippen molar-refractivity contribution in [3.8, 4) is 0 Å². The van der Waals surface area contributed by atoms with Gasteiger partial charge in [0, 0.05) is 19.8 Å². The predicted molar refractivity (Wildman–Crippen MR) is 145 cm³/mol. The lowest BCUT2D eigenvalue weighted by Gasteiger charge is -2.66. The summed E-state index contributed by atoms with van der Waals surface area (Å²) in [6.07, 6.45) is 3.82. The lowest BCUT2D eigenvalue weighted by molar-refractivity contribution is -0.296. The van der Waals surface area contributed by atoms with Crippen molar-refractivity contribution in [2.75, 3.05) is 13.2 Å². The molecule has 1 saturated heterocycles. The molecule has 2 N–H and O–H groups in total. The molecule has 1 spiro atoms. The normalized spacial score (nSPS) is 44.2. The summed E-state index contributed by atoms with van der Waals surface area (Å²) in [6.45, 7) is 8.52. The van der Waals surface area contributed by atoms with Gasteiger partial charge < -0.3 is 29.2 Å². The first-order valence-electron chi connectivity index (χ1n) is 15.0. The van der Waals surface area contributed by atoms with Crippen LogP contribution < -0.4 is 0 Å². The quantitative estimate of drug-likeness (QED) is 0.525. The minimum Gasteiger partial charge on any atom is -0.462 e. The topological polar surface area (TPSA) is 112 Å². The second-order valence-corrected chi connectivity index (χ2v) is 13.6. The van der Waals surface area contributed by atoms with E-state index >= 15 is 0 Å². The highest BCUT2D eigenvalue weighted by Crippen LogP contribution is 2.71. The van der Waals surface area contributed by atoms with Crippen LogP contribution in [0.4, 0.5) is 0 Å². The van der Waals surface area contributed by atoms with Crippen molar-refractivity contribution in [3.05, 3.63) is 35.9 Å². The van der Waals surface area contributed by atoms with Crippen molar-refractivity contribution in [3.63, 3.8) is 0 Å². The summed E-state index contributed by atoms with van der Waals surface area (Å²) in [4.78, 5) is 25.5. The number of esters is 2. The van der Waals surface area contributed by atoms with Crippen LogP contribution in [0.1, 0.15) is 89.4 Å². The standard InChI is InChI=1S/C32H44O8/c1-20(39-27(34)22-8-6-5-7-9-22)31(35)14-15-32(36)24-11-10-23-19-30(37-16-17-38-30)13-12-28(23,3)25(24)18-26(29(31,32)4)40-21(2)33/h5-9,20,23-26,35-36H,10-19H2,1-4H3/t20?,23?,24-,25+,26?,28+,29-,31+,32?/m1/s1. The molecule has 0 radical (unpaired) electrons. The molecule has 5 aliphatic rings. The van der Waals surface area contributed by atoms with E-state index in [1.807, 2.05) is 13.0 Å². The highest BCUT2D eigenvalue weighted by atomic mass is 16.7. The van der Waals surface area contributed by atoms with Crippen LogP contribution in [0.5, 0.6) is 0 Å². The van der Waals surface area contributed by atoms with Crippen LogP contribution in [0.25, 0.3) is 0 Å². The lowest BCUT2D eigenvalue weighted by Crippen LogP contribution is -2.72. The van der Waals surface area contributed by atoms with Gasteiger partial charge in [0.25, 0.3) is 0 Å². The first-order chi connectivity index (χ1) is 18.9. The van der Waals surface area contributed by atoms with Gasteiger partial charge in [-0.1, -0.05) is 32.0 Å². The molecule has 1 aromatic carbocycles. The van der Waals surface area contributed by atoms with E-state index in [0.717, 1.165) is 32.1 Å². The number of aliphatic hydroxyl groups is 2. The summed E-state index contributed by atoms with van der Waals surface area (Å²) in [5, 5.41) is 25.2. The number of carbonyl (C=O) groups excluding carboxylic acids is 2. The molecule has 0 aromatic heterocycles. The van der Waals surface area contributed by atoms with E-state index in [0.29, 0.717) is 37.5 Å². The van der Waals surface area contributed by atoms with E-state index in [1.165, 1.54) is 6.92 Å². The molecule has 220 valence electrons. The summed E-state index contributed by atoms with van der Waals surface area (Å²) in [5.41, 5.74) is -3.78. The highest BCUT2D eigenvalue weighted by Gasteiger charge is 2.77. The van der Waals surface area contributed by atoms with Crippen molar-refractivity contribution in [1.82, 2.24) is 0 Å². The smallest absolute Gasteiger partial charge is 0.338 e. The molecule has 8 heteroatoms. The molecule has 8 nitrogen and oxygen atoms in total. The molecule has 1 aromatic rings. The SMILES string of the molecule is CC(=O)OC1C[C@H]2[C@@H](CCC3CC4(CC[C@@]32C)OCCO4)C2(O)CC[C@](O)(C(C)OC(=O)c3ccccc3)[C@@]12C. The maximum Gasteiger partial charge on any atom is 0.338 e. The zero-order valence-electron chi connectivity index (χ0n) is 24.2. The van der Waals surface area contributed by atoms with Crippen LogP contribution in [0.2, 0.25) is 0 Å². The largest absolute Gasteiger partial charge is 0.462 e. The molecule has 4 aliphatic carbocycles. The zero-order valence-corrected chi connectivity index (χ0v) is 24.2. The average molecular weight is 557 g/mol. The fourth-order valence-corrected chi connectivity index (χ4v) is 9.86. The first-order valence-corrected chi connectivity index (χ1v) is 15.0. The average Bonchev–Trinajstić information content (AvgIpc) is 3.47. The Morgan fingerprint density at radius 2 is 1.68 bits per heavy atom. The Kier molecular flexibility index (Phi) is 6.69. The van der Waals surface area contributed by atoms with Gasteiger partial charge in [-0.15, -0.1) is 0 Å². The fourth-order valence-electron chi connectivity index (χ4n) is 9.86. The first kappa shape index (κ1) is 28.1. The molecular weight excluding hydrogens is 512 g/mol. The number of hydrogen-bond acceptors (Lipinski definition) is 8. The Morgan fingerprint density at radius 3 is 2.35 bits per heavy atom. The van der Waals surface area contributed by atoms with Crippen molar-refractivity contribution < 1.29 is 38.7 Å². The monoisotopic (exact) mass is 556 g/mol. The summed E-state index contributed by atoms with van der Waals surface area (Å²) in [5.74, 6) is -1.05. The van der Waals surface area contributed by atoms with Gasteiger partial charge in [-0.3, -0.25) is 4.79 Å². The molecule has 5 fully saturated rings. The van der Waals surface area contributed by atoms with E-state index in [9.17, 15) is 19.8 Å². The molecule has 9 atom stereocenters. The van der Waals surface area contributed by atoms with Gasteiger partial charge in [0.2, 0.25) is 0 Å². The Labute approximate surface area is 236 Å². The maximum atomic E-state index is 13.0. The minimum atomic E-state index is -1.59. The van der Waals surface area contributed by atoms with Gasteiger partial charge in [-0.2, -0.15) is 0 Å². The third-order valence-electron chi connectivity index (χ3n) is 12.2. The maximum absolute atomic E-state index is 13.0. The molecule has 1 aliphatic heterocycles. The highest BCUT2D eigenvalue weighted by molar-refractivity contribution is 5.89. The third kappa shape index (κ3) is 3.85. The molecule has 1 heterocycles. The van der Waals surface area contributed by atoms with Gasteiger partial charge in [0.05, 0.1) is 29.8 Å². The van der Waals surface area contributed by atoms with Gasteiger partial charge in [0.15, 0.2) is 5.79 Å². The molecule has 0 amide bonds. The minimum absolute atomic E-state index is 0.0731. The number of fused-ring (bicyclic) bond motifs is 5. The van der Waals surface area contributed by atoms with E-state index in [4.69, 9.17) is 18.9 Å². The van der Waals surface area contributed by atoms with Crippen molar-refractivity contribution >= 4 is 11.9 Å². The molecule has 6 rings (SSSR count). The number of hydrogen-bond donors (Lipinski definition) is 2. The number of rotatable bonds is 4. The molecular formula is C32H44O8. The van der Waals surface area contributed by atoms with Crippen LogP contribution in [0.3, 0.4) is 0 Å². The fraction of sp³-hybridized carbons (Fsp3) is 0.750. The summed E-state index contributed by atoms with van der Waals surface area (Å²) >= 11 is 0. The molecule has 4 saturated carbocycles. The summed E-state index contributed by atoms with van der Waals surface area (Å²) in [6, 6.07) is 8.70.